The fourth-order valence-corrected chi connectivity index (χ4v) is 2.84. The SMILES string of the molecule is COCCNC(=O)c1ccc2c(c1)C(=O)N(c1ccc(Br)cc1)C2=O. The smallest absolute Gasteiger partial charge is 0.266 e. The molecule has 128 valence electrons. The summed E-state index contributed by atoms with van der Waals surface area (Å²) in [6.45, 7) is 0.760. The molecule has 1 N–H and O–H groups in total. The van der Waals surface area contributed by atoms with Crippen LogP contribution in [0, 0.1) is 0 Å². The van der Waals surface area contributed by atoms with Gasteiger partial charge < -0.3 is 10.1 Å². The normalized spacial score (nSPS) is 13.1. The number of carbonyl (C=O) groups is 3. The number of nitrogens with one attached hydrogen (secondary N) is 1. The quantitative estimate of drug-likeness (QED) is 0.615. The van der Waals surface area contributed by atoms with Crippen molar-refractivity contribution >= 4 is 39.3 Å². The summed E-state index contributed by atoms with van der Waals surface area (Å²) in [5.41, 5.74) is 1.34. The van der Waals surface area contributed by atoms with E-state index in [9.17, 15) is 14.4 Å². The van der Waals surface area contributed by atoms with Gasteiger partial charge in [0.05, 0.1) is 23.4 Å². The van der Waals surface area contributed by atoms with Crippen LogP contribution < -0.4 is 10.2 Å². The monoisotopic (exact) mass is 402 g/mol. The van der Waals surface area contributed by atoms with Crippen molar-refractivity contribution in [3.8, 4) is 0 Å². The molecule has 1 aliphatic heterocycles. The third-order valence-electron chi connectivity index (χ3n) is 3.83. The molecule has 0 saturated heterocycles. The summed E-state index contributed by atoms with van der Waals surface area (Å²) in [5, 5.41) is 2.69. The molecule has 0 unspecified atom stereocenters. The molecule has 0 aromatic heterocycles. The molecule has 3 rings (SSSR count). The molecule has 0 radical (unpaired) electrons. The lowest BCUT2D eigenvalue weighted by atomic mass is 10.1. The van der Waals surface area contributed by atoms with Gasteiger partial charge in [0, 0.05) is 23.7 Å². The first kappa shape index (κ1) is 17.3. The summed E-state index contributed by atoms with van der Waals surface area (Å²) >= 11 is 3.32. The van der Waals surface area contributed by atoms with Crippen LogP contribution in [0.15, 0.2) is 46.9 Å². The molecule has 2 aromatic rings. The lowest BCUT2D eigenvalue weighted by molar-refractivity contribution is 0.0921. The Morgan fingerprint density at radius 3 is 2.44 bits per heavy atom. The van der Waals surface area contributed by atoms with E-state index in [4.69, 9.17) is 4.74 Å². The van der Waals surface area contributed by atoms with Crippen molar-refractivity contribution in [2.45, 2.75) is 0 Å². The van der Waals surface area contributed by atoms with Crippen molar-refractivity contribution < 1.29 is 19.1 Å². The van der Waals surface area contributed by atoms with Crippen LogP contribution in [0.1, 0.15) is 31.1 Å². The summed E-state index contributed by atoms with van der Waals surface area (Å²) in [6, 6.07) is 11.4. The van der Waals surface area contributed by atoms with Gasteiger partial charge in [-0.3, -0.25) is 14.4 Å². The Balaban J connectivity index is 1.88. The molecular formula is C18H15BrN2O4. The van der Waals surface area contributed by atoms with Gasteiger partial charge in [-0.1, -0.05) is 15.9 Å². The number of imide groups is 1. The Bertz CT molecular complexity index is 849. The summed E-state index contributed by atoms with van der Waals surface area (Å²) in [5.74, 6) is -1.15. The maximum Gasteiger partial charge on any atom is 0.266 e. The maximum atomic E-state index is 12.7. The number of fused-ring (bicyclic) bond motifs is 1. The minimum atomic E-state index is -0.436. The van der Waals surface area contributed by atoms with Gasteiger partial charge in [-0.2, -0.15) is 0 Å². The number of ether oxygens (including phenoxy) is 1. The van der Waals surface area contributed by atoms with Gasteiger partial charge in [0.15, 0.2) is 0 Å². The Hall–Kier alpha value is -2.51. The number of anilines is 1. The van der Waals surface area contributed by atoms with Crippen LogP contribution in [0.25, 0.3) is 0 Å². The fourth-order valence-electron chi connectivity index (χ4n) is 2.58. The molecule has 0 saturated carbocycles. The van der Waals surface area contributed by atoms with E-state index in [0.29, 0.717) is 30.0 Å². The van der Waals surface area contributed by atoms with E-state index in [-0.39, 0.29) is 11.5 Å². The minimum Gasteiger partial charge on any atom is -0.383 e. The molecule has 0 fully saturated rings. The topological polar surface area (TPSA) is 75.7 Å². The van der Waals surface area contributed by atoms with E-state index in [0.717, 1.165) is 9.37 Å². The predicted molar refractivity (Wildman–Crippen MR) is 95.9 cm³/mol. The van der Waals surface area contributed by atoms with E-state index in [1.54, 1.807) is 31.4 Å². The van der Waals surface area contributed by atoms with E-state index < -0.39 is 11.8 Å². The van der Waals surface area contributed by atoms with E-state index in [1.165, 1.54) is 18.2 Å². The average molecular weight is 403 g/mol. The Kier molecular flexibility index (Phi) is 4.96. The second-order valence-corrected chi connectivity index (χ2v) is 6.35. The molecule has 25 heavy (non-hydrogen) atoms. The first-order valence-corrected chi connectivity index (χ1v) is 8.38. The molecule has 3 amide bonds. The highest BCUT2D eigenvalue weighted by molar-refractivity contribution is 9.10. The van der Waals surface area contributed by atoms with Crippen molar-refractivity contribution in [1.82, 2.24) is 5.32 Å². The number of hydrogen-bond acceptors (Lipinski definition) is 4. The first-order valence-electron chi connectivity index (χ1n) is 7.58. The van der Waals surface area contributed by atoms with Crippen molar-refractivity contribution in [2.75, 3.05) is 25.2 Å². The maximum absolute atomic E-state index is 12.7. The predicted octanol–water partition coefficient (Wildman–Crippen LogP) is 2.63. The number of amides is 3. The fraction of sp³-hybridized carbons (Fsp3) is 0.167. The molecule has 0 atom stereocenters. The van der Waals surface area contributed by atoms with Crippen LogP contribution >= 0.6 is 15.9 Å². The Morgan fingerprint density at radius 2 is 1.76 bits per heavy atom. The summed E-state index contributed by atoms with van der Waals surface area (Å²) in [4.78, 5) is 38.5. The van der Waals surface area contributed by atoms with Crippen LogP contribution in [0.3, 0.4) is 0 Å². The highest BCUT2D eigenvalue weighted by Crippen LogP contribution is 2.29. The summed E-state index contributed by atoms with van der Waals surface area (Å²) in [6.07, 6.45) is 0. The standard InChI is InChI=1S/C18H15BrN2O4/c1-25-9-8-20-16(22)11-2-7-14-15(10-11)18(24)21(17(14)23)13-5-3-12(19)4-6-13/h2-7,10H,8-9H2,1H3,(H,20,22). The van der Waals surface area contributed by atoms with E-state index >= 15 is 0 Å². The van der Waals surface area contributed by atoms with Gasteiger partial charge in [-0.15, -0.1) is 0 Å². The summed E-state index contributed by atoms with van der Waals surface area (Å²) in [7, 11) is 1.54. The van der Waals surface area contributed by atoms with Crippen molar-refractivity contribution in [1.29, 1.82) is 0 Å². The number of hydrogen-bond donors (Lipinski definition) is 1. The van der Waals surface area contributed by atoms with Crippen molar-refractivity contribution in [2.24, 2.45) is 0 Å². The zero-order valence-corrected chi connectivity index (χ0v) is 15.0. The lowest BCUT2D eigenvalue weighted by Gasteiger charge is -2.13. The van der Waals surface area contributed by atoms with Gasteiger partial charge in [0.25, 0.3) is 17.7 Å². The van der Waals surface area contributed by atoms with Gasteiger partial charge in [0.1, 0.15) is 0 Å². The van der Waals surface area contributed by atoms with Crippen LogP contribution in [0.4, 0.5) is 5.69 Å². The number of rotatable bonds is 5. The number of nitrogens with zero attached hydrogens (tertiary/aromatic N) is 1. The highest BCUT2D eigenvalue weighted by atomic mass is 79.9. The molecule has 2 aromatic carbocycles. The Labute approximate surface area is 152 Å². The number of methoxy groups -OCH3 is 1. The third-order valence-corrected chi connectivity index (χ3v) is 4.35. The molecule has 6 nitrogen and oxygen atoms in total. The molecule has 0 spiro atoms. The average Bonchev–Trinajstić information content (AvgIpc) is 2.86. The molecule has 7 heteroatoms. The summed E-state index contributed by atoms with van der Waals surface area (Å²) < 4.78 is 5.73. The number of benzene rings is 2. The second-order valence-electron chi connectivity index (χ2n) is 5.43. The first-order chi connectivity index (χ1) is 12.0. The third kappa shape index (κ3) is 3.33. The Morgan fingerprint density at radius 1 is 1.08 bits per heavy atom. The van der Waals surface area contributed by atoms with Crippen LogP contribution in [0.5, 0.6) is 0 Å². The van der Waals surface area contributed by atoms with Gasteiger partial charge in [-0.05, 0) is 42.5 Å². The molecule has 0 bridgehead atoms. The molecule has 0 aliphatic carbocycles. The van der Waals surface area contributed by atoms with Crippen LogP contribution in [-0.4, -0.2) is 38.0 Å². The minimum absolute atomic E-state index is 0.229. The van der Waals surface area contributed by atoms with Gasteiger partial charge >= 0.3 is 0 Å². The van der Waals surface area contributed by atoms with Crippen molar-refractivity contribution in [3.05, 3.63) is 63.6 Å². The molecular weight excluding hydrogens is 388 g/mol. The number of halogens is 1. The molecule has 1 aliphatic rings. The van der Waals surface area contributed by atoms with E-state index in [2.05, 4.69) is 21.2 Å². The van der Waals surface area contributed by atoms with E-state index in [1.807, 2.05) is 0 Å². The van der Waals surface area contributed by atoms with Crippen LogP contribution in [0.2, 0.25) is 0 Å². The molecule has 1 heterocycles. The second kappa shape index (κ2) is 7.16. The van der Waals surface area contributed by atoms with Gasteiger partial charge in [0.2, 0.25) is 0 Å². The van der Waals surface area contributed by atoms with Crippen molar-refractivity contribution in [3.63, 3.8) is 0 Å². The van der Waals surface area contributed by atoms with Gasteiger partial charge in [-0.25, -0.2) is 4.90 Å². The van der Waals surface area contributed by atoms with Crippen LogP contribution in [-0.2, 0) is 4.74 Å². The lowest BCUT2D eigenvalue weighted by Crippen LogP contribution is -2.29. The zero-order valence-electron chi connectivity index (χ0n) is 13.4. The number of carbonyl (C=O) groups excluding carboxylic acids is 3. The highest BCUT2D eigenvalue weighted by Gasteiger charge is 2.37. The largest absolute Gasteiger partial charge is 0.383 e. The zero-order chi connectivity index (χ0) is 18.0.